The summed E-state index contributed by atoms with van der Waals surface area (Å²) in [6.45, 7) is -0.996. The number of aromatic nitrogens is 2. The Kier molecular flexibility index (Phi) is 4.34. The molecule has 1 heterocycles. The molecule has 0 spiro atoms. The molecule has 0 amide bonds. The molecule has 104 valence electrons. The third-order valence-electron chi connectivity index (χ3n) is 2.86. The summed E-state index contributed by atoms with van der Waals surface area (Å²) in [5, 5.41) is 0. The highest BCUT2D eigenvalue weighted by Gasteiger charge is 2.30. The van der Waals surface area contributed by atoms with Crippen LogP contribution in [-0.2, 0) is 13.0 Å². The minimum Gasteiger partial charge on any atom is -0.319 e. The maximum absolute atomic E-state index is 12.6. The Morgan fingerprint density at radius 3 is 2.58 bits per heavy atom. The Balaban J connectivity index is 2.34. The van der Waals surface area contributed by atoms with Crippen LogP contribution in [0.1, 0.15) is 18.7 Å². The molecule has 0 fully saturated rings. The van der Waals surface area contributed by atoms with Crippen LogP contribution in [0.5, 0.6) is 0 Å². The van der Waals surface area contributed by atoms with Crippen molar-refractivity contribution in [2.45, 2.75) is 32.0 Å². The first-order valence-electron chi connectivity index (χ1n) is 6.08. The van der Waals surface area contributed by atoms with E-state index in [9.17, 15) is 13.2 Å². The van der Waals surface area contributed by atoms with Gasteiger partial charge in [-0.25, -0.2) is 4.98 Å². The molecule has 0 saturated carbocycles. The zero-order valence-corrected chi connectivity index (χ0v) is 11.0. The minimum atomic E-state index is -4.25. The van der Waals surface area contributed by atoms with Crippen LogP contribution in [0.15, 0.2) is 24.3 Å². The molecule has 0 unspecified atom stereocenters. The summed E-state index contributed by atoms with van der Waals surface area (Å²) >= 11 is 5.59. The van der Waals surface area contributed by atoms with Crippen molar-refractivity contribution in [3.63, 3.8) is 0 Å². The second kappa shape index (κ2) is 5.82. The highest BCUT2D eigenvalue weighted by Crippen LogP contribution is 2.24. The summed E-state index contributed by atoms with van der Waals surface area (Å²) in [5.74, 6) is 0.989. The van der Waals surface area contributed by atoms with Gasteiger partial charge in [0.05, 0.1) is 11.0 Å². The van der Waals surface area contributed by atoms with Gasteiger partial charge in [0.15, 0.2) is 0 Å². The van der Waals surface area contributed by atoms with Crippen LogP contribution in [0.3, 0.4) is 0 Å². The molecule has 6 heteroatoms. The van der Waals surface area contributed by atoms with Crippen LogP contribution in [0.25, 0.3) is 11.0 Å². The molecular formula is C13H14ClF3N2. The molecule has 0 atom stereocenters. The van der Waals surface area contributed by atoms with Gasteiger partial charge in [0.2, 0.25) is 0 Å². The number of hydrogen-bond donors (Lipinski definition) is 0. The average molecular weight is 291 g/mol. The Morgan fingerprint density at radius 2 is 1.89 bits per heavy atom. The molecule has 2 nitrogen and oxygen atoms in total. The number of nitrogens with zero attached hydrogens (tertiary/aromatic N) is 2. The Bertz CT molecular complexity index is 548. The lowest BCUT2D eigenvalue weighted by Gasteiger charge is -2.11. The normalized spacial score (nSPS) is 12.2. The van der Waals surface area contributed by atoms with Crippen LogP contribution < -0.4 is 0 Å². The van der Waals surface area contributed by atoms with E-state index in [0.717, 1.165) is 12.8 Å². The standard InChI is InChI=1S/C13H14ClF3N2/c14-8-4-3-7-12-18-10-5-1-2-6-11(10)19(12)9-13(15,16)17/h1-2,5-6H,3-4,7-9H2. The molecule has 0 radical (unpaired) electrons. The van der Waals surface area contributed by atoms with Crippen molar-refractivity contribution in [1.82, 2.24) is 9.55 Å². The second-order valence-corrected chi connectivity index (χ2v) is 4.74. The van der Waals surface area contributed by atoms with E-state index < -0.39 is 12.7 Å². The number of hydrogen-bond acceptors (Lipinski definition) is 1. The molecule has 0 aliphatic heterocycles. The molecule has 0 N–H and O–H groups in total. The number of fused-ring (bicyclic) bond motifs is 1. The number of halogens is 4. The van der Waals surface area contributed by atoms with Gasteiger partial charge in [-0.3, -0.25) is 0 Å². The van der Waals surface area contributed by atoms with Crippen molar-refractivity contribution in [3.8, 4) is 0 Å². The number of imidazole rings is 1. The monoisotopic (exact) mass is 290 g/mol. The smallest absolute Gasteiger partial charge is 0.319 e. The molecular weight excluding hydrogens is 277 g/mol. The molecule has 1 aromatic carbocycles. The number of alkyl halides is 4. The third-order valence-corrected chi connectivity index (χ3v) is 3.12. The Morgan fingerprint density at radius 1 is 1.16 bits per heavy atom. The van der Waals surface area contributed by atoms with E-state index in [2.05, 4.69) is 4.98 Å². The fourth-order valence-corrected chi connectivity index (χ4v) is 2.24. The molecule has 0 bridgehead atoms. The topological polar surface area (TPSA) is 17.8 Å². The molecule has 1 aromatic heterocycles. The Labute approximate surface area is 114 Å². The first kappa shape index (κ1) is 14.2. The van der Waals surface area contributed by atoms with Gasteiger partial charge in [-0.1, -0.05) is 12.1 Å². The van der Waals surface area contributed by atoms with E-state index in [1.165, 1.54) is 4.57 Å². The second-order valence-electron chi connectivity index (χ2n) is 4.36. The molecule has 0 aliphatic rings. The van der Waals surface area contributed by atoms with Crippen molar-refractivity contribution in [2.75, 3.05) is 5.88 Å². The van der Waals surface area contributed by atoms with E-state index >= 15 is 0 Å². The van der Waals surface area contributed by atoms with Gasteiger partial charge in [-0.15, -0.1) is 11.6 Å². The van der Waals surface area contributed by atoms with Crippen molar-refractivity contribution >= 4 is 22.6 Å². The SMILES string of the molecule is FC(F)(F)Cn1c(CCCCCl)nc2ccccc21. The van der Waals surface area contributed by atoms with Gasteiger partial charge in [0.25, 0.3) is 0 Å². The average Bonchev–Trinajstić information content (AvgIpc) is 2.66. The zero-order chi connectivity index (χ0) is 13.9. The summed E-state index contributed by atoms with van der Waals surface area (Å²) in [6.07, 6.45) is -2.22. The molecule has 19 heavy (non-hydrogen) atoms. The quantitative estimate of drug-likeness (QED) is 0.597. The molecule has 2 rings (SSSR count). The predicted octanol–water partition coefficient (Wildman–Crippen LogP) is 4.16. The summed E-state index contributed by atoms with van der Waals surface area (Å²) < 4.78 is 39.2. The number of para-hydroxylation sites is 2. The summed E-state index contributed by atoms with van der Waals surface area (Å²) in [7, 11) is 0. The predicted molar refractivity (Wildman–Crippen MR) is 69.4 cm³/mol. The maximum Gasteiger partial charge on any atom is 0.406 e. The highest BCUT2D eigenvalue weighted by molar-refractivity contribution is 6.17. The first-order chi connectivity index (χ1) is 9.01. The summed E-state index contributed by atoms with van der Waals surface area (Å²) in [4.78, 5) is 4.29. The van der Waals surface area contributed by atoms with Gasteiger partial charge in [-0.2, -0.15) is 13.2 Å². The number of aryl methyl sites for hydroxylation is 1. The van der Waals surface area contributed by atoms with Crippen LogP contribution >= 0.6 is 11.6 Å². The van der Waals surface area contributed by atoms with E-state index in [-0.39, 0.29) is 0 Å². The lowest BCUT2D eigenvalue weighted by molar-refractivity contribution is -0.140. The third kappa shape index (κ3) is 3.62. The van der Waals surface area contributed by atoms with Crippen molar-refractivity contribution < 1.29 is 13.2 Å². The van der Waals surface area contributed by atoms with E-state index in [1.54, 1.807) is 24.3 Å². The van der Waals surface area contributed by atoms with Crippen molar-refractivity contribution in [1.29, 1.82) is 0 Å². The summed E-state index contributed by atoms with van der Waals surface area (Å²) in [6, 6.07) is 6.89. The number of benzene rings is 1. The lowest BCUT2D eigenvalue weighted by atomic mass is 10.2. The van der Waals surface area contributed by atoms with E-state index in [0.29, 0.717) is 29.2 Å². The van der Waals surface area contributed by atoms with Gasteiger partial charge < -0.3 is 4.57 Å². The van der Waals surface area contributed by atoms with Gasteiger partial charge in [0.1, 0.15) is 12.4 Å². The maximum atomic E-state index is 12.6. The highest BCUT2D eigenvalue weighted by atomic mass is 35.5. The van der Waals surface area contributed by atoms with Gasteiger partial charge in [-0.05, 0) is 25.0 Å². The number of rotatable bonds is 5. The van der Waals surface area contributed by atoms with Crippen molar-refractivity contribution in [2.24, 2.45) is 0 Å². The molecule has 0 aliphatic carbocycles. The van der Waals surface area contributed by atoms with Gasteiger partial charge in [0, 0.05) is 12.3 Å². The first-order valence-corrected chi connectivity index (χ1v) is 6.61. The van der Waals surface area contributed by atoms with Gasteiger partial charge >= 0.3 is 6.18 Å². The Hall–Kier alpha value is -1.23. The number of unbranched alkanes of at least 4 members (excludes halogenated alkanes) is 1. The largest absolute Gasteiger partial charge is 0.406 e. The molecule has 0 saturated heterocycles. The fraction of sp³-hybridized carbons (Fsp3) is 0.462. The van der Waals surface area contributed by atoms with Crippen molar-refractivity contribution in [3.05, 3.63) is 30.1 Å². The molecule has 2 aromatic rings. The zero-order valence-electron chi connectivity index (χ0n) is 10.3. The van der Waals surface area contributed by atoms with Crippen LogP contribution in [0.2, 0.25) is 0 Å². The van der Waals surface area contributed by atoms with E-state index in [1.807, 2.05) is 0 Å². The van der Waals surface area contributed by atoms with Crippen LogP contribution in [0, 0.1) is 0 Å². The van der Waals surface area contributed by atoms with Crippen LogP contribution in [0.4, 0.5) is 13.2 Å². The fourth-order valence-electron chi connectivity index (χ4n) is 2.05. The lowest BCUT2D eigenvalue weighted by Crippen LogP contribution is -2.19. The van der Waals surface area contributed by atoms with Crippen LogP contribution in [-0.4, -0.2) is 21.6 Å². The van der Waals surface area contributed by atoms with E-state index in [4.69, 9.17) is 11.6 Å². The minimum absolute atomic E-state index is 0.476. The summed E-state index contributed by atoms with van der Waals surface area (Å²) in [5.41, 5.74) is 1.13.